The second-order valence-corrected chi connectivity index (χ2v) is 6.56. The average Bonchev–Trinajstić information content (AvgIpc) is 3.08. The zero-order chi connectivity index (χ0) is 12.0. The first-order chi connectivity index (χ1) is 8.15. The van der Waals surface area contributed by atoms with Crippen molar-refractivity contribution in [1.82, 2.24) is 9.80 Å². The topological polar surface area (TPSA) is 32.5 Å². The molecule has 0 amide bonds. The lowest BCUT2D eigenvalue weighted by Gasteiger charge is -2.40. The summed E-state index contributed by atoms with van der Waals surface area (Å²) in [7, 11) is 2.31. The fraction of sp³-hybridized carbons (Fsp3) is 1.00. The average molecular weight is 237 g/mol. The zero-order valence-electron chi connectivity index (χ0n) is 11.3. The molecule has 0 spiro atoms. The first-order valence-electron chi connectivity index (χ1n) is 7.38. The molecule has 2 N–H and O–H groups in total. The Bertz CT molecular complexity index is 263. The number of hydrogen-bond acceptors (Lipinski definition) is 3. The van der Waals surface area contributed by atoms with Gasteiger partial charge in [0.05, 0.1) is 0 Å². The molecule has 98 valence electrons. The summed E-state index contributed by atoms with van der Waals surface area (Å²) in [6.07, 6.45) is 8.07. The van der Waals surface area contributed by atoms with Crippen LogP contribution in [0.15, 0.2) is 0 Å². The van der Waals surface area contributed by atoms with Gasteiger partial charge in [0.2, 0.25) is 0 Å². The number of likely N-dealkylation sites (N-methyl/N-ethyl adjacent to an activating group) is 1. The van der Waals surface area contributed by atoms with Crippen LogP contribution in [-0.2, 0) is 0 Å². The maximum atomic E-state index is 6.13. The molecule has 2 aliphatic heterocycles. The molecular formula is C14H27N3. The molecule has 0 aromatic heterocycles. The van der Waals surface area contributed by atoms with Gasteiger partial charge in [0, 0.05) is 36.8 Å². The highest BCUT2D eigenvalue weighted by atomic mass is 15.3. The van der Waals surface area contributed by atoms with Crippen LogP contribution in [0, 0.1) is 0 Å². The van der Waals surface area contributed by atoms with E-state index in [9.17, 15) is 0 Å². The Morgan fingerprint density at radius 2 is 1.76 bits per heavy atom. The SMILES string of the molecule is CC(CN1C2CCC1CC(N)C2)N(C)C1CC1. The van der Waals surface area contributed by atoms with Gasteiger partial charge < -0.3 is 5.73 Å². The lowest BCUT2D eigenvalue weighted by Crippen LogP contribution is -2.52. The van der Waals surface area contributed by atoms with Gasteiger partial charge in [-0.15, -0.1) is 0 Å². The van der Waals surface area contributed by atoms with E-state index in [1.54, 1.807) is 0 Å². The number of rotatable bonds is 4. The molecule has 1 aliphatic carbocycles. The number of nitrogens with two attached hydrogens (primary N) is 1. The highest BCUT2D eigenvalue weighted by molar-refractivity contribution is 4.98. The quantitative estimate of drug-likeness (QED) is 0.803. The van der Waals surface area contributed by atoms with Crippen molar-refractivity contribution in [2.75, 3.05) is 13.6 Å². The normalized spacial score (nSPS) is 39.9. The monoisotopic (exact) mass is 237 g/mol. The first kappa shape index (κ1) is 11.9. The van der Waals surface area contributed by atoms with Crippen molar-refractivity contribution >= 4 is 0 Å². The van der Waals surface area contributed by atoms with E-state index < -0.39 is 0 Å². The van der Waals surface area contributed by atoms with Crippen LogP contribution in [0.5, 0.6) is 0 Å². The molecule has 3 fully saturated rings. The molecule has 3 rings (SSSR count). The molecule has 1 saturated carbocycles. The van der Waals surface area contributed by atoms with Gasteiger partial charge in [-0.2, -0.15) is 0 Å². The van der Waals surface area contributed by atoms with Crippen LogP contribution in [-0.4, -0.2) is 53.6 Å². The lowest BCUT2D eigenvalue weighted by molar-refractivity contribution is 0.0876. The van der Waals surface area contributed by atoms with E-state index in [0.29, 0.717) is 12.1 Å². The highest BCUT2D eigenvalue weighted by Crippen LogP contribution is 2.36. The summed E-state index contributed by atoms with van der Waals surface area (Å²) in [5.74, 6) is 0. The minimum atomic E-state index is 0.472. The molecular weight excluding hydrogens is 210 g/mol. The Kier molecular flexibility index (Phi) is 3.18. The second kappa shape index (κ2) is 4.52. The van der Waals surface area contributed by atoms with Crippen LogP contribution in [0.2, 0.25) is 0 Å². The summed E-state index contributed by atoms with van der Waals surface area (Å²) in [5, 5.41) is 0. The Balaban J connectivity index is 1.58. The summed E-state index contributed by atoms with van der Waals surface area (Å²) in [6, 6.07) is 3.65. The molecule has 3 atom stereocenters. The van der Waals surface area contributed by atoms with E-state index in [1.165, 1.54) is 45.1 Å². The molecule has 3 unspecified atom stereocenters. The Morgan fingerprint density at radius 3 is 2.29 bits per heavy atom. The van der Waals surface area contributed by atoms with Crippen molar-refractivity contribution in [1.29, 1.82) is 0 Å². The number of nitrogens with zero attached hydrogens (tertiary/aromatic N) is 2. The molecule has 3 heteroatoms. The third-order valence-electron chi connectivity index (χ3n) is 5.21. The van der Waals surface area contributed by atoms with Crippen LogP contribution < -0.4 is 5.73 Å². The van der Waals surface area contributed by atoms with Gasteiger partial charge >= 0.3 is 0 Å². The van der Waals surface area contributed by atoms with Crippen LogP contribution in [0.25, 0.3) is 0 Å². The summed E-state index contributed by atoms with van der Waals surface area (Å²) in [5.41, 5.74) is 6.13. The number of piperidine rings is 1. The molecule has 0 aromatic rings. The lowest BCUT2D eigenvalue weighted by atomic mass is 9.97. The van der Waals surface area contributed by atoms with Crippen molar-refractivity contribution in [3.8, 4) is 0 Å². The Morgan fingerprint density at radius 1 is 1.18 bits per heavy atom. The predicted molar refractivity (Wildman–Crippen MR) is 71.0 cm³/mol. The number of hydrogen-bond donors (Lipinski definition) is 1. The van der Waals surface area contributed by atoms with E-state index in [4.69, 9.17) is 5.73 Å². The molecule has 0 aromatic carbocycles. The van der Waals surface area contributed by atoms with E-state index in [-0.39, 0.29) is 0 Å². The Hall–Kier alpha value is -0.120. The van der Waals surface area contributed by atoms with Gasteiger partial charge in [-0.1, -0.05) is 0 Å². The minimum Gasteiger partial charge on any atom is -0.328 e. The summed E-state index contributed by atoms with van der Waals surface area (Å²) < 4.78 is 0. The molecule has 0 radical (unpaired) electrons. The molecule has 2 heterocycles. The summed E-state index contributed by atoms with van der Waals surface area (Å²) >= 11 is 0. The van der Waals surface area contributed by atoms with Gasteiger partial charge in [0.1, 0.15) is 0 Å². The standard InChI is InChI=1S/C14H27N3/c1-10(16(2)12-3-4-12)9-17-13-5-6-14(17)8-11(15)7-13/h10-14H,3-9,15H2,1-2H3. The van der Waals surface area contributed by atoms with Crippen LogP contribution >= 0.6 is 0 Å². The van der Waals surface area contributed by atoms with E-state index in [1.807, 2.05) is 0 Å². The van der Waals surface area contributed by atoms with Gasteiger partial charge in [-0.25, -0.2) is 0 Å². The van der Waals surface area contributed by atoms with E-state index >= 15 is 0 Å². The van der Waals surface area contributed by atoms with Gasteiger partial charge in [0.15, 0.2) is 0 Å². The van der Waals surface area contributed by atoms with Gasteiger partial charge in [-0.05, 0) is 52.5 Å². The third-order valence-corrected chi connectivity index (χ3v) is 5.21. The van der Waals surface area contributed by atoms with Crippen molar-refractivity contribution in [3.63, 3.8) is 0 Å². The maximum Gasteiger partial charge on any atom is 0.0195 e. The van der Waals surface area contributed by atoms with Crippen molar-refractivity contribution < 1.29 is 0 Å². The Labute approximate surface area is 105 Å². The fourth-order valence-corrected chi connectivity index (χ4v) is 3.89. The number of fused-ring (bicyclic) bond motifs is 2. The fourth-order valence-electron chi connectivity index (χ4n) is 3.89. The molecule has 17 heavy (non-hydrogen) atoms. The van der Waals surface area contributed by atoms with Crippen molar-refractivity contribution in [3.05, 3.63) is 0 Å². The molecule has 3 nitrogen and oxygen atoms in total. The van der Waals surface area contributed by atoms with Gasteiger partial charge in [0.25, 0.3) is 0 Å². The third kappa shape index (κ3) is 2.38. The predicted octanol–water partition coefficient (Wildman–Crippen LogP) is 1.42. The van der Waals surface area contributed by atoms with Crippen molar-refractivity contribution in [2.45, 2.75) is 75.7 Å². The molecule has 3 aliphatic rings. The van der Waals surface area contributed by atoms with Crippen molar-refractivity contribution in [2.24, 2.45) is 5.73 Å². The molecule has 2 saturated heterocycles. The first-order valence-corrected chi connectivity index (χ1v) is 7.38. The zero-order valence-corrected chi connectivity index (χ0v) is 11.3. The van der Waals surface area contributed by atoms with Crippen LogP contribution in [0.4, 0.5) is 0 Å². The second-order valence-electron chi connectivity index (χ2n) is 6.56. The van der Waals surface area contributed by atoms with Gasteiger partial charge in [-0.3, -0.25) is 9.80 Å². The largest absolute Gasteiger partial charge is 0.328 e. The van der Waals surface area contributed by atoms with E-state index in [0.717, 1.165) is 18.1 Å². The van der Waals surface area contributed by atoms with Crippen LogP contribution in [0.3, 0.4) is 0 Å². The summed E-state index contributed by atoms with van der Waals surface area (Å²) in [4.78, 5) is 5.36. The maximum absolute atomic E-state index is 6.13. The summed E-state index contributed by atoms with van der Waals surface area (Å²) in [6.45, 7) is 3.65. The van der Waals surface area contributed by atoms with E-state index in [2.05, 4.69) is 23.8 Å². The highest BCUT2D eigenvalue weighted by Gasteiger charge is 2.40. The minimum absolute atomic E-state index is 0.472. The molecule has 2 bridgehead atoms. The smallest absolute Gasteiger partial charge is 0.0195 e. The van der Waals surface area contributed by atoms with Crippen LogP contribution in [0.1, 0.15) is 45.4 Å².